The van der Waals surface area contributed by atoms with Gasteiger partial charge in [-0.15, -0.1) is 0 Å². The summed E-state index contributed by atoms with van der Waals surface area (Å²) in [4.78, 5) is 12.4. The van der Waals surface area contributed by atoms with E-state index in [1.54, 1.807) is 0 Å². The lowest BCUT2D eigenvalue weighted by Gasteiger charge is -2.07. The van der Waals surface area contributed by atoms with Gasteiger partial charge in [-0.05, 0) is 18.4 Å². The second-order valence-corrected chi connectivity index (χ2v) is 4.77. The van der Waals surface area contributed by atoms with Crippen molar-refractivity contribution in [3.05, 3.63) is 22.0 Å². The monoisotopic (exact) mass is 247 g/mol. The number of aromatic amines is 1. The second-order valence-electron chi connectivity index (χ2n) is 3.42. The Morgan fingerprint density at radius 1 is 1.44 bits per heavy atom. The summed E-state index contributed by atoms with van der Waals surface area (Å²) in [6, 6.07) is 1.07. The minimum atomic E-state index is -4.53. The maximum Gasteiger partial charge on any atom is 0.300 e. The highest BCUT2D eigenvalue weighted by Gasteiger charge is 2.21. The quantitative estimate of drug-likeness (QED) is 0.678. The van der Waals surface area contributed by atoms with E-state index in [9.17, 15) is 18.3 Å². The number of unbranched alkanes of at least 4 members (excludes halogenated alkanes) is 1. The molecule has 0 aromatic carbocycles. The lowest BCUT2D eigenvalue weighted by Crippen LogP contribution is -2.12. The molecule has 0 bridgehead atoms. The van der Waals surface area contributed by atoms with Gasteiger partial charge in [0.1, 0.15) is 0 Å². The average molecular weight is 247 g/mol. The van der Waals surface area contributed by atoms with Crippen molar-refractivity contribution in [3.8, 4) is 5.88 Å². The number of aryl methyl sites for hydroxylation is 1. The summed E-state index contributed by atoms with van der Waals surface area (Å²) in [5.41, 5.74) is -0.471. The van der Waals surface area contributed by atoms with Crippen LogP contribution in [0.25, 0.3) is 0 Å². The fourth-order valence-electron chi connectivity index (χ4n) is 1.43. The van der Waals surface area contributed by atoms with Crippen molar-refractivity contribution in [1.82, 2.24) is 4.98 Å². The van der Waals surface area contributed by atoms with Crippen LogP contribution in [-0.4, -0.2) is 23.1 Å². The van der Waals surface area contributed by atoms with E-state index >= 15 is 0 Å². The van der Waals surface area contributed by atoms with Gasteiger partial charge in [-0.25, -0.2) is 0 Å². The Morgan fingerprint density at radius 2 is 2.06 bits per heavy atom. The molecule has 0 saturated carbocycles. The molecule has 1 rings (SSSR count). The van der Waals surface area contributed by atoms with Gasteiger partial charge in [0.2, 0.25) is 5.88 Å². The third-order valence-electron chi connectivity index (χ3n) is 2.11. The highest BCUT2D eigenvalue weighted by atomic mass is 32.2. The number of nitrogens with one attached hydrogen (secondary N) is 1. The molecule has 3 N–H and O–H groups in total. The highest BCUT2D eigenvalue weighted by Crippen LogP contribution is 2.23. The molecule has 1 aromatic heterocycles. The SMILES string of the molecule is CCCCc1cc(=O)[nH]c(O)c1S(=O)(=O)O. The summed E-state index contributed by atoms with van der Waals surface area (Å²) in [6.07, 6.45) is 1.77. The van der Waals surface area contributed by atoms with Crippen molar-refractivity contribution in [2.45, 2.75) is 31.1 Å². The van der Waals surface area contributed by atoms with Crippen LogP contribution in [0.4, 0.5) is 0 Å². The van der Waals surface area contributed by atoms with Crippen LogP contribution in [0.2, 0.25) is 0 Å². The van der Waals surface area contributed by atoms with Crippen LogP contribution in [0.15, 0.2) is 15.8 Å². The highest BCUT2D eigenvalue weighted by molar-refractivity contribution is 7.86. The van der Waals surface area contributed by atoms with Crippen LogP contribution < -0.4 is 5.56 Å². The standard InChI is InChI=1S/C9H13NO5S/c1-2-3-4-6-5-7(11)10-9(12)8(6)16(13,14)15/h5H,2-4H2,1H3,(H2,10,11,12)(H,13,14,15). The van der Waals surface area contributed by atoms with Gasteiger partial charge in [0.25, 0.3) is 15.7 Å². The van der Waals surface area contributed by atoms with Gasteiger partial charge in [0, 0.05) is 6.07 Å². The first kappa shape index (κ1) is 12.7. The largest absolute Gasteiger partial charge is 0.494 e. The van der Waals surface area contributed by atoms with Crippen LogP contribution in [0.3, 0.4) is 0 Å². The molecule has 16 heavy (non-hydrogen) atoms. The van der Waals surface area contributed by atoms with E-state index < -0.39 is 26.5 Å². The zero-order chi connectivity index (χ0) is 12.3. The molecule has 1 heterocycles. The number of aromatic nitrogens is 1. The van der Waals surface area contributed by atoms with Crippen LogP contribution in [-0.2, 0) is 16.5 Å². The molecule has 0 unspecified atom stereocenters. The number of aromatic hydroxyl groups is 1. The first-order valence-corrected chi connectivity index (χ1v) is 6.23. The minimum Gasteiger partial charge on any atom is -0.494 e. The molecule has 1 aromatic rings. The lowest BCUT2D eigenvalue weighted by molar-refractivity contribution is 0.421. The Bertz CT molecular complexity index is 531. The molecule has 0 fully saturated rings. The zero-order valence-corrected chi connectivity index (χ0v) is 9.54. The average Bonchev–Trinajstić information content (AvgIpc) is 2.10. The third-order valence-corrected chi connectivity index (χ3v) is 3.08. The van der Waals surface area contributed by atoms with E-state index in [1.807, 2.05) is 11.9 Å². The third kappa shape index (κ3) is 2.83. The van der Waals surface area contributed by atoms with E-state index in [-0.39, 0.29) is 5.56 Å². The van der Waals surface area contributed by atoms with E-state index in [4.69, 9.17) is 4.55 Å². The predicted molar refractivity (Wildman–Crippen MR) is 57.2 cm³/mol. The number of hydrogen-bond acceptors (Lipinski definition) is 4. The van der Waals surface area contributed by atoms with Crippen LogP contribution in [0, 0.1) is 0 Å². The molecule has 90 valence electrons. The molecule has 7 heteroatoms. The van der Waals surface area contributed by atoms with Crippen LogP contribution in [0.1, 0.15) is 25.3 Å². The van der Waals surface area contributed by atoms with Crippen molar-refractivity contribution >= 4 is 10.1 Å². The van der Waals surface area contributed by atoms with E-state index in [0.29, 0.717) is 12.8 Å². The number of hydrogen-bond donors (Lipinski definition) is 3. The molecule has 0 spiro atoms. The normalized spacial score (nSPS) is 11.6. The number of rotatable bonds is 4. The first-order chi connectivity index (χ1) is 7.36. The maximum absolute atomic E-state index is 11.1. The van der Waals surface area contributed by atoms with E-state index in [0.717, 1.165) is 12.5 Å². The van der Waals surface area contributed by atoms with Crippen LogP contribution >= 0.6 is 0 Å². The van der Waals surface area contributed by atoms with Gasteiger partial charge >= 0.3 is 0 Å². The summed E-state index contributed by atoms with van der Waals surface area (Å²) >= 11 is 0. The van der Waals surface area contributed by atoms with Crippen molar-refractivity contribution in [3.63, 3.8) is 0 Å². The van der Waals surface area contributed by atoms with Crippen LogP contribution in [0.5, 0.6) is 5.88 Å². The van der Waals surface area contributed by atoms with E-state index in [1.165, 1.54) is 0 Å². The molecule has 0 radical (unpaired) electrons. The Kier molecular flexibility index (Phi) is 3.71. The summed E-state index contributed by atoms with van der Waals surface area (Å²) in [5, 5.41) is 9.31. The minimum absolute atomic E-state index is 0.130. The van der Waals surface area contributed by atoms with Gasteiger partial charge in [0.15, 0.2) is 4.90 Å². The van der Waals surface area contributed by atoms with Gasteiger partial charge in [-0.1, -0.05) is 13.3 Å². The molecule has 0 amide bonds. The van der Waals surface area contributed by atoms with E-state index in [2.05, 4.69) is 0 Å². The summed E-state index contributed by atoms with van der Waals surface area (Å²) in [7, 11) is -4.53. The number of pyridine rings is 1. The summed E-state index contributed by atoms with van der Waals surface area (Å²) < 4.78 is 31.0. The Hall–Kier alpha value is -1.34. The maximum atomic E-state index is 11.1. The number of H-pyrrole nitrogens is 1. The van der Waals surface area contributed by atoms with Crippen molar-refractivity contribution in [2.75, 3.05) is 0 Å². The Balaban J connectivity index is 3.39. The topological polar surface area (TPSA) is 107 Å². The second kappa shape index (κ2) is 4.67. The van der Waals surface area contributed by atoms with Gasteiger partial charge < -0.3 is 5.11 Å². The fourth-order valence-corrected chi connectivity index (χ4v) is 2.21. The lowest BCUT2D eigenvalue weighted by atomic mass is 10.1. The molecule has 6 nitrogen and oxygen atoms in total. The summed E-state index contributed by atoms with van der Waals surface area (Å²) in [5.74, 6) is -0.818. The first-order valence-electron chi connectivity index (χ1n) is 4.79. The summed E-state index contributed by atoms with van der Waals surface area (Å²) in [6.45, 7) is 1.90. The molecule has 0 saturated heterocycles. The molecule has 0 atom stereocenters. The molecule has 0 aliphatic heterocycles. The molecular weight excluding hydrogens is 234 g/mol. The molecule has 0 aliphatic carbocycles. The van der Waals surface area contributed by atoms with Crippen molar-refractivity contribution in [1.29, 1.82) is 0 Å². The van der Waals surface area contributed by atoms with Crippen molar-refractivity contribution in [2.24, 2.45) is 0 Å². The predicted octanol–water partition coefficient (Wildman–Crippen LogP) is 0.670. The fraction of sp³-hybridized carbons (Fsp3) is 0.444. The van der Waals surface area contributed by atoms with Crippen molar-refractivity contribution < 1.29 is 18.1 Å². The molecule has 0 aliphatic rings. The van der Waals surface area contributed by atoms with Gasteiger partial charge in [-0.3, -0.25) is 14.3 Å². The Labute approximate surface area is 92.7 Å². The smallest absolute Gasteiger partial charge is 0.300 e. The van der Waals surface area contributed by atoms with Gasteiger partial charge in [0.05, 0.1) is 0 Å². The zero-order valence-electron chi connectivity index (χ0n) is 8.73. The Morgan fingerprint density at radius 3 is 2.56 bits per heavy atom. The molecular formula is C9H13NO5S. The van der Waals surface area contributed by atoms with Gasteiger partial charge in [-0.2, -0.15) is 8.42 Å².